The molecule has 3 aliphatic rings. The lowest BCUT2D eigenvalue weighted by molar-refractivity contribution is 0.0695. The van der Waals surface area contributed by atoms with Gasteiger partial charge in [-0.25, -0.2) is 14.2 Å². The van der Waals surface area contributed by atoms with Crippen LogP contribution < -0.4 is 15.6 Å². The molecular weight excluding hydrogens is 511 g/mol. The third kappa shape index (κ3) is 3.55. The van der Waals surface area contributed by atoms with Crippen LogP contribution in [0, 0.1) is 11.7 Å². The quantitative estimate of drug-likeness (QED) is 0.357. The Morgan fingerprint density at radius 3 is 2.73 bits per heavy atom. The maximum absolute atomic E-state index is 14.9. The highest BCUT2D eigenvalue weighted by molar-refractivity contribution is 5.98. The molecule has 2 aliphatic heterocycles. The number of likely N-dealkylation sites (tertiary alicyclic amines) is 1. The van der Waals surface area contributed by atoms with E-state index in [1.807, 2.05) is 6.20 Å². The van der Waals surface area contributed by atoms with Gasteiger partial charge < -0.3 is 24.8 Å². The van der Waals surface area contributed by atoms with Crippen LogP contribution in [0.2, 0.25) is 0 Å². The number of aromatic nitrogens is 3. The number of fused-ring (bicyclic) bond motifs is 5. The zero-order valence-electron chi connectivity index (χ0n) is 22.5. The van der Waals surface area contributed by atoms with E-state index in [9.17, 15) is 19.1 Å². The molecule has 2 N–H and O–H groups in total. The van der Waals surface area contributed by atoms with Crippen LogP contribution in [0.1, 0.15) is 28.0 Å². The number of carboxylic acid groups (broad SMARTS) is 1. The highest BCUT2D eigenvalue weighted by atomic mass is 19.1. The van der Waals surface area contributed by atoms with Crippen LogP contribution in [0.15, 0.2) is 41.6 Å². The van der Waals surface area contributed by atoms with Crippen LogP contribution in [0.25, 0.3) is 33.3 Å². The number of hydrogen-bond acceptors (Lipinski definition) is 7. The second-order valence-corrected chi connectivity index (χ2v) is 11.2. The maximum atomic E-state index is 14.9. The van der Waals surface area contributed by atoms with E-state index in [1.54, 1.807) is 37.0 Å². The Hall–Kier alpha value is -4.31. The number of carboxylic acids is 1. The maximum Gasteiger partial charge on any atom is 0.341 e. The fourth-order valence-electron chi connectivity index (χ4n) is 7.02. The number of pyridine rings is 3. The molecule has 40 heavy (non-hydrogen) atoms. The van der Waals surface area contributed by atoms with E-state index in [0.717, 1.165) is 65.4 Å². The number of aromatic carboxylic acids is 1. The molecule has 0 bridgehead atoms. The third-order valence-electron chi connectivity index (χ3n) is 8.80. The molecule has 0 saturated carbocycles. The molecule has 5 heterocycles. The Balaban J connectivity index is 1.50. The summed E-state index contributed by atoms with van der Waals surface area (Å²) in [5.41, 5.74) is 6.38. The molecule has 3 aromatic heterocycles. The molecule has 10 heteroatoms. The Kier molecular flexibility index (Phi) is 5.47. The minimum atomic E-state index is -1.28. The first-order valence-electron chi connectivity index (χ1n) is 13.5. The molecule has 2 saturated heterocycles. The highest BCUT2D eigenvalue weighted by Crippen LogP contribution is 2.51. The lowest BCUT2D eigenvalue weighted by atomic mass is 9.96. The predicted molar refractivity (Wildman–Crippen MR) is 152 cm³/mol. The first-order chi connectivity index (χ1) is 19.2. The molecule has 2 atom stereocenters. The number of halogens is 1. The lowest BCUT2D eigenvalue weighted by Gasteiger charge is -2.31. The van der Waals surface area contributed by atoms with Crippen molar-refractivity contribution >= 4 is 28.4 Å². The first-order valence-corrected chi connectivity index (χ1v) is 13.5. The molecule has 0 radical (unpaired) electrons. The number of anilines is 2. The van der Waals surface area contributed by atoms with Gasteiger partial charge in [-0.2, -0.15) is 0 Å². The minimum absolute atomic E-state index is 0.232. The number of likely N-dealkylation sites (N-methyl/N-ethyl adjacent to an activating group) is 1. The van der Waals surface area contributed by atoms with Crippen LogP contribution in [-0.2, 0) is 13.5 Å². The summed E-state index contributed by atoms with van der Waals surface area (Å²) in [7, 11) is 5.61. The summed E-state index contributed by atoms with van der Waals surface area (Å²) in [6.07, 6.45) is 6.49. The number of nitrogens with zero attached hydrogens (tertiary/aromatic N) is 5. The average Bonchev–Trinajstić information content (AvgIpc) is 3.61. The standard InChI is InChI=1S/C30H29FN6O3/c1-32-23-8-17(31)7-19-18(23)9-24-26(19)27(37-5-4-15-12-35(2)14-25(15)37)21(11-33-24)16-6-20-28(38)22(30(39)40)13-36(3)29(20)34-10-16/h6-8,10-11,13,15,25,32H,4-5,9,12,14H2,1-3H3,(H,39,40)/t15-,25+/m0/s1. The number of hydrogen-bond donors (Lipinski definition) is 2. The Morgan fingerprint density at radius 2 is 1.95 bits per heavy atom. The van der Waals surface area contributed by atoms with Gasteiger partial charge in [-0.3, -0.25) is 9.78 Å². The average molecular weight is 541 g/mol. The van der Waals surface area contributed by atoms with Gasteiger partial charge in [-0.1, -0.05) is 0 Å². The SMILES string of the molecule is CNc1cc(F)cc2c1Cc1ncc(-c3cnc4c(c3)c(=O)c(C(=O)O)cn4C)c(N3CC[C@H]4CN(C)C[C@H]43)c1-2. The molecular formula is C30H29FN6O3. The van der Waals surface area contributed by atoms with Gasteiger partial charge in [0.05, 0.1) is 16.8 Å². The van der Waals surface area contributed by atoms with Gasteiger partial charge >= 0.3 is 5.97 Å². The van der Waals surface area contributed by atoms with Crippen molar-refractivity contribution in [1.29, 1.82) is 0 Å². The van der Waals surface area contributed by atoms with Gasteiger partial charge in [-0.15, -0.1) is 0 Å². The van der Waals surface area contributed by atoms with E-state index in [-0.39, 0.29) is 16.8 Å². The zero-order chi connectivity index (χ0) is 27.9. The summed E-state index contributed by atoms with van der Waals surface area (Å²) in [6, 6.07) is 5.14. The molecule has 2 fully saturated rings. The van der Waals surface area contributed by atoms with Crippen molar-refractivity contribution in [1.82, 2.24) is 19.4 Å². The van der Waals surface area contributed by atoms with Crippen LogP contribution in [0.4, 0.5) is 15.8 Å². The second kappa shape index (κ2) is 8.85. The largest absolute Gasteiger partial charge is 0.477 e. The predicted octanol–water partition coefficient (Wildman–Crippen LogP) is 3.59. The van der Waals surface area contributed by atoms with Gasteiger partial charge in [0.25, 0.3) is 0 Å². The number of benzene rings is 1. The molecule has 0 amide bonds. The third-order valence-corrected chi connectivity index (χ3v) is 8.80. The molecule has 1 aliphatic carbocycles. The highest BCUT2D eigenvalue weighted by Gasteiger charge is 2.43. The summed E-state index contributed by atoms with van der Waals surface area (Å²) >= 11 is 0. The fraction of sp³-hybridized carbons (Fsp3) is 0.333. The Labute approximate surface area is 229 Å². The van der Waals surface area contributed by atoms with Crippen molar-refractivity contribution in [3.05, 3.63) is 69.7 Å². The number of rotatable bonds is 4. The van der Waals surface area contributed by atoms with Gasteiger partial charge in [0.1, 0.15) is 17.0 Å². The van der Waals surface area contributed by atoms with E-state index < -0.39 is 11.4 Å². The van der Waals surface area contributed by atoms with Crippen LogP contribution in [0.5, 0.6) is 0 Å². The van der Waals surface area contributed by atoms with E-state index in [2.05, 4.69) is 27.1 Å². The monoisotopic (exact) mass is 540 g/mol. The van der Waals surface area contributed by atoms with Crippen LogP contribution in [0.3, 0.4) is 0 Å². The summed E-state index contributed by atoms with van der Waals surface area (Å²) in [6.45, 7) is 2.82. The van der Waals surface area contributed by atoms with Crippen molar-refractivity contribution in [3.63, 3.8) is 0 Å². The number of carbonyl (C=O) groups is 1. The first kappa shape index (κ1) is 24.7. The van der Waals surface area contributed by atoms with Crippen molar-refractivity contribution < 1.29 is 14.3 Å². The van der Waals surface area contributed by atoms with Gasteiger partial charge in [-0.05, 0) is 48.7 Å². The van der Waals surface area contributed by atoms with Crippen molar-refractivity contribution in [2.45, 2.75) is 18.9 Å². The van der Waals surface area contributed by atoms with E-state index in [4.69, 9.17) is 4.98 Å². The molecule has 1 aromatic carbocycles. The van der Waals surface area contributed by atoms with Crippen LogP contribution in [-0.4, -0.2) is 70.3 Å². The van der Waals surface area contributed by atoms with Gasteiger partial charge in [0.15, 0.2) is 0 Å². The van der Waals surface area contributed by atoms with E-state index in [1.165, 1.54) is 12.3 Å². The van der Waals surface area contributed by atoms with Gasteiger partial charge in [0.2, 0.25) is 5.43 Å². The summed E-state index contributed by atoms with van der Waals surface area (Å²) in [5.74, 6) is -1.06. The Bertz CT molecular complexity index is 1800. The van der Waals surface area contributed by atoms with Crippen molar-refractivity contribution in [2.24, 2.45) is 13.0 Å². The molecule has 204 valence electrons. The van der Waals surface area contributed by atoms with E-state index >= 15 is 0 Å². The smallest absolute Gasteiger partial charge is 0.341 e. The zero-order valence-corrected chi connectivity index (χ0v) is 22.5. The van der Waals surface area contributed by atoms with Crippen molar-refractivity contribution in [2.75, 3.05) is 43.9 Å². The summed E-state index contributed by atoms with van der Waals surface area (Å²) in [5, 5.41) is 13.0. The normalized spacial score (nSPS) is 19.6. The molecule has 9 nitrogen and oxygen atoms in total. The molecule has 0 spiro atoms. The lowest BCUT2D eigenvalue weighted by Crippen LogP contribution is -2.35. The fourth-order valence-corrected chi connectivity index (χ4v) is 7.02. The minimum Gasteiger partial charge on any atom is -0.477 e. The summed E-state index contributed by atoms with van der Waals surface area (Å²) < 4.78 is 16.4. The molecule has 0 unspecified atom stereocenters. The topological polar surface area (TPSA) is 104 Å². The van der Waals surface area contributed by atoms with E-state index in [0.29, 0.717) is 29.6 Å². The van der Waals surface area contributed by atoms with Crippen LogP contribution >= 0.6 is 0 Å². The molecule has 4 aromatic rings. The van der Waals surface area contributed by atoms with Gasteiger partial charge in [0, 0.05) is 87.2 Å². The molecule has 7 rings (SSSR count). The number of nitrogens with one attached hydrogen (secondary N) is 1. The number of aryl methyl sites for hydroxylation is 1. The second-order valence-electron chi connectivity index (χ2n) is 11.2. The summed E-state index contributed by atoms with van der Waals surface area (Å²) in [4.78, 5) is 39.2. The Morgan fingerprint density at radius 1 is 1.12 bits per heavy atom. The van der Waals surface area contributed by atoms with Crippen molar-refractivity contribution in [3.8, 4) is 22.3 Å².